The molecule has 3 heterocycles. The van der Waals surface area contributed by atoms with E-state index in [-0.39, 0.29) is 24.4 Å². The monoisotopic (exact) mass is 454 g/mol. The maximum atomic E-state index is 13.6. The lowest BCUT2D eigenvalue weighted by atomic mass is 10.1. The van der Waals surface area contributed by atoms with E-state index in [1.165, 1.54) is 11.3 Å². The van der Waals surface area contributed by atoms with E-state index in [1.54, 1.807) is 11.0 Å². The standard InChI is InChI=1S/C24H27FN4O2S/c1-14(20-8-9-21(32-20)24(31)29-10-4-5-16(25)13-29)26-22(30)12-15-11-17(15)23-27-18-6-2-3-7-19(18)28-23/h2-3,6-9,14-17H,4-5,10-13H2,1H3,(H,26,30)(H,27,28)/t14-,15+,16?,17+/m1/s1. The second-order valence-corrected chi connectivity index (χ2v) is 10.0. The van der Waals surface area contributed by atoms with Crippen LogP contribution in [0.15, 0.2) is 36.4 Å². The number of rotatable bonds is 6. The number of fused-ring (bicyclic) bond motifs is 1. The second kappa shape index (κ2) is 8.65. The molecule has 2 N–H and O–H groups in total. The number of imidazole rings is 1. The van der Waals surface area contributed by atoms with Crippen molar-refractivity contribution in [3.8, 4) is 0 Å². The molecule has 0 radical (unpaired) electrons. The van der Waals surface area contributed by atoms with Crippen molar-refractivity contribution in [3.63, 3.8) is 0 Å². The van der Waals surface area contributed by atoms with Gasteiger partial charge in [-0.1, -0.05) is 12.1 Å². The molecule has 1 saturated carbocycles. The molecule has 1 aromatic carbocycles. The number of amides is 2. The predicted molar refractivity (Wildman–Crippen MR) is 122 cm³/mol. The number of piperidine rings is 1. The van der Waals surface area contributed by atoms with E-state index < -0.39 is 6.17 Å². The third kappa shape index (κ3) is 4.41. The van der Waals surface area contributed by atoms with Gasteiger partial charge in [0.1, 0.15) is 12.0 Å². The van der Waals surface area contributed by atoms with Gasteiger partial charge in [-0.15, -0.1) is 11.3 Å². The Balaban J connectivity index is 1.14. The van der Waals surface area contributed by atoms with Crippen LogP contribution in [0, 0.1) is 5.92 Å². The van der Waals surface area contributed by atoms with Crippen LogP contribution in [0.3, 0.4) is 0 Å². The largest absolute Gasteiger partial charge is 0.349 e. The molecule has 2 aromatic heterocycles. The summed E-state index contributed by atoms with van der Waals surface area (Å²) in [5.74, 6) is 1.47. The number of carbonyl (C=O) groups is 2. The Kier molecular flexibility index (Phi) is 5.71. The van der Waals surface area contributed by atoms with Crippen molar-refractivity contribution in [1.82, 2.24) is 20.2 Å². The fraction of sp³-hybridized carbons (Fsp3) is 0.458. The average molecular weight is 455 g/mol. The summed E-state index contributed by atoms with van der Waals surface area (Å²) in [5.41, 5.74) is 1.99. The molecule has 32 heavy (non-hydrogen) atoms. The summed E-state index contributed by atoms with van der Waals surface area (Å²) in [7, 11) is 0. The maximum absolute atomic E-state index is 13.6. The van der Waals surface area contributed by atoms with Gasteiger partial charge in [-0.2, -0.15) is 0 Å². The number of nitrogens with zero attached hydrogens (tertiary/aromatic N) is 2. The molecule has 0 bridgehead atoms. The van der Waals surface area contributed by atoms with Crippen LogP contribution in [0.1, 0.15) is 64.9 Å². The third-order valence-electron chi connectivity index (χ3n) is 6.42. The van der Waals surface area contributed by atoms with Gasteiger partial charge in [-0.25, -0.2) is 9.37 Å². The van der Waals surface area contributed by atoms with Gasteiger partial charge >= 0.3 is 0 Å². The minimum Gasteiger partial charge on any atom is -0.349 e. The van der Waals surface area contributed by atoms with Crippen LogP contribution < -0.4 is 5.32 Å². The molecule has 8 heteroatoms. The van der Waals surface area contributed by atoms with Gasteiger partial charge in [0, 0.05) is 23.8 Å². The molecular formula is C24H27FN4O2S. The molecule has 1 saturated heterocycles. The SMILES string of the molecule is C[C@@H](NC(=O)C[C@@H]1C[C@@H]1c1nc2ccccc2[nH]1)c1ccc(C(=O)N2CCCC(F)C2)s1. The Labute approximate surface area is 190 Å². The predicted octanol–water partition coefficient (Wildman–Crippen LogP) is 4.57. The summed E-state index contributed by atoms with van der Waals surface area (Å²) < 4.78 is 13.6. The van der Waals surface area contributed by atoms with E-state index in [4.69, 9.17) is 0 Å². The third-order valence-corrected chi connectivity index (χ3v) is 7.68. The second-order valence-electron chi connectivity index (χ2n) is 8.93. The van der Waals surface area contributed by atoms with Crippen LogP contribution in [0.5, 0.6) is 0 Å². The lowest BCUT2D eigenvalue weighted by molar-refractivity contribution is -0.122. The number of halogens is 1. The molecular weight excluding hydrogens is 427 g/mol. The smallest absolute Gasteiger partial charge is 0.264 e. The summed E-state index contributed by atoms with van der Waals surface area (Å²) in [6.45, 7) is 2.71. The number of H-pyrrole nitrogens is 1. The molecule has 168 valence electrons. The number of aromatic nitrogens is 2. The molecule has 2 amide bonds. The minimum atomic E-state index is -0.934. The van der Waals surface area contributed by atoms with E-state index in [9.17, 15) is 14.0 Å². The summed E-state index contributed by atoms with van der Waals surface area (Å²) >= 11 is 1.38. The molecule has 2 aliphatic rings. The zero-order valence-corrected chi connectivity index (χ0v) is 18.8. The molecule has 3 aromatic rings. The van der Waals surface area contributed by atoms with Gasteiger partial charge in [0.25, 0.3) is 5.91 Å². The maximum Gasteiger partial charge on any atom is 0.264 e. The molecule has 1 unspecified atom stereocenters. The topological polar surface area (TPSA) is 78.1 Å². The molecule has 6 nitrogen and oxygen atoms in total. The first-order chi connectivity index (χ1) is 15.5. The van der Waals surface area contributed by atoms with Crippen molar-refractivity contribution in [2.24, 2.45) is 5.92 Å². The fourth-order valence-electron chi connectivity index (χ4n) is 4.53. The highest BCUT2D eigenvalue weighted by molar-refractivity contribution is 7.14. The highest BCUT2D eigenvalue weighted by atomic mass is 32.1. The molecule has 2 fully saturated rings. The molecule has 1 aliphatic heterocycles. The van der Waals surface area contributed by atoms with Gasteiger partial charge in [-0.3, -0.25) is 9.59 Å². The highest BCUT2D eigenvalue weighted by Crippen LogP contribution is 2.48. The van der Waals surface area contributed by atoms with E-state index in [1.807, 2.05) is 37.3 Å². The summed E-state index contributed by atoms with van der Waals surface area (Å²) in [6.07, 6.45) is 1.73. The van der Waals surface area contributed by atoms with Crippen LogP contribution >= 0.6 is 11.3 Å². The Morgan fingerprint density at radius 3 is 2.97 bits per heavy atom. The fourth-order valence-corrected chi connectivity index (χ4v) is 5.51. The van der Waals surface area contributed by atoms with Gasteiger partial charge in [0.05, 0.1) is 28.5 Å². The first-order valence-electron chi connectivity index (χ1n) is 11.2. The number of carbonyl (C=O) groups excluding carboxylic acids is 2. The van der Waals surface area contributed by atoms with E-state index >= 15 is 0 Å². The minimum absolute atomic E-state index is 0.0127. The van der Waals surface area contributed by atoms with Gasteiger partial charge in [0.2, 0.25) is 5.91 Å². The van der Waals surface area contributed by atoms with Crippen LogP contribution in [-0.4, -0.2) is 45.9 Å². The number of benzene rings is 1. The normalized spacial score (nSPS) is 23.8. The lowest BCUT2D eigenvalue weighted by Gasteiger charge is -2.28. The van der Waals surface area contributed by atoms with Crippen molar-refractivity contribution in [2.75, 3.05) is 13.1 Å². The van der Waals surface area contributed by atoms with Gasteiger partial charge in [-0.05, 0) is 56.4 Å². The summed E-state index contributed by atoms with van der Waals surface area (Å²) in [6, 6.07) is 11.4. The van der Waals surface area contributed by atoms with Gasteiger partial charge < -0.3 is 15.2 Å². The first-order valence-corrected chi connectivity index (χ1v) is 12.1. The van der Waals surface area contributed by atoms with Gasteiger partial charge in [0.15, 0.2) is 0 Å². The van der Waals surface area contributed by atoms with Crippen molar-refractivity contribution >= 4 is 34.2 Å². The average Bonchev–Trinajstić information content (AvgIpc) is 3.19. The lowest BCUT2D eigenvalue weighted by Crippen LogP contribution is -2.40. The van der Waals surface area contributed by atoms with Crippen LogP contribution in [0.4, 0.5) is 4.39 Å². The van der Waals surface area contributed by atoms with Crippen molar-refractivity contribution in [2.45, 2.75) is 50.7 Å². The number of nitrogens with one attached hydrogen (secondary N) is 2. The van der Waals surface area contributed by atoms with E-state index in [0.717, 1.165) is 28.2 Å². The number of alkyl halides is 1. The van der Waals surface area contributed by atoms with E-state index in [2.05, 4.69) is 15.3 Å². The molecule has 0 spiro atoms. The number of likely N-dealkylation sites (tertiary alicyclic amines) is 1. The van der Waals surface area contributed by atoms with Crippen LogP contribution in [-0.2, 0) is 4.79 Å². The Hall–Kier alpha value is -2.74. The summed E-state index contributed by atoms with van der Waals surface area (Å²) in [5, 5.41) is 3.06. The Bertz CT molecular complexity index is 1110. The zero-order chi connectivity index (χ0) is 22.2. The van der Waals surface area contributed by atoms with Crippen LogP contribution in [0.25, 0.3) is 11.0 Å². The Morgan fingerprint density at radius 1 is 1.31 bits per heavy atom. The molecule has 5 rings (SSSR count). The Morgan fingerprint density at radius 2 is 2.16 bits per heavy atom. The number of aromatic amines is 1. The zero-order valence-electron chi connectivity index (χ0n) is 18.0. The first kappa shape index (κ1) is 21.1. The molecule has 4 atom stereocenters. The number of hydrogen-bond acceptors (Lipinski definition) is 4. The number of thiophene rings is 1. The highest BCUT2D eigenvalue weighted by Gasteiger charge is 2.42. The number of hydrogen-bond donors (Lipinski definition) is 2. The number of para-hydroxylation sites is 2. The van der Waals surface area contributed by atoms with Crippen molar-refractivity contribution in [3.05, 3.63) is 52.0 Å². The van der Waals surface area contributed by atoms with Crippen LogP contribution in [0.2, 0.25) is 0 Å². The van der Waals surface area contributed by atoms with E-state index in [0.29, 0.717) is 42.5 Å². The van der Waals surface area contributed by atoms with Crippen molar-refractivity contribution < 1.29 is 14.0 Å². The molecule has 1 aliphatic carbocycles. The van der Waals surface area contributed by atoms with Crippen molar-refractivity contribution in [1.29, 1.82) is 0 Å². The quantitative estimate of drug-likeness (QED) is 0.573. The summed E-state index contributed by atoms with van der Waals surface area (Å²) in [4.78, 5) is 36.4.